The molecular weight excluding hydrogens is 264 g/mol. The fourth-order valence-corrected chi connectivity index (χ4v) is 2.36. The third-order valence-corrected chi connectivity index (χ3v) is 3.64. The smallest absolute Gasteiger partial charge is 0.303 e. The normalized spacial score (nSPS) is 10.5. The summed E-state index contributed by atoms with van der Waals surface area (Å²) in [6.07, 6.45) is 11.3. The van der Waals surface area contributed by atoms with Gasteiger partial charge in [0, 0.05) is 12.8 Å². The van der Waals surface area contributed by atoms with Crippen LogP contribution in [0.5, 0.6) is 0 Å². The summed E-state index contributed by atoms with van der Waals surface area (Å²) in [6, 6.07) is 8.29. The molecule has 1 rings (SSSR count). The Hall–Kier alpha value is -1.64. The van der Waals surface area contributed by atoms with Crippen molar-refractivity contribution in [2.24, 2.45) is 0 Å². The number of rotatable bonds is 12. The topological polar surface area (TPSA) is 54.4 Å². The third kappa shape index (κ3) is 9.01. The first-order chi connectivity index (χ1) is 10.2. The Balaban J connectivity index is 2.09. The van der Waals surface area contributed by atoms with Crippen LogP contribution in [0.4, 0.5) is 0 Å². The number of aliphatic carboxylic acids is 1. The summed E-state index contributed by atoms with van der Waals surface area (Å²) in [4.78, 5) is 20.5. The number of carbonyl (C=O) groups excluding carboxylic acids is 1. The van der Waals surface area contributed by atoms with Gasteiger partial charge in [-0.15, -0.1) is 0 Å². The number of benzene rings is 1. The van der Waals surface area contributed by atoms with E-state index in [0.29, 0.717) is 12.8 Å². The second kappa shape index (κ2) is 11.1. The van der Waals surface area contributed by atoms with Gasteiger partial charge in [0.05, 0.1) is 0 Å². The lowest BCUT2D eigenvalue weighted by Gasteiger charge is -2.04. The van der Waals surface area contributed by atoms with E-state index in [1.54, 1.807) is 0 Å². The molecule has 3 nitrogen and oxygen atoms in total. The van der Waals surface area contributed by atoms with Crippen LogP contribution >= 0.6 is 0 Å². The Morgan fingerprint density at radius 2 is 1.38 bits per heavy atom. The molecule has 0 spiro atoms. The van der Waals surface area contributed by atoms with Crippen LogP contribution in [-0.4, -0.2) is 17.4 Å². The largest absolute Gasteiger partial charge is 0.481 e. The van der Waals surface area contributed by atoms with Gasteiger partial charge < -0.3 is 5.11 Å². The molecule has 0 bridgehead atoms. The first-order valence-electron chi connectivity index (χ1n) is 7.87. The molecule has 0 unspecified atom stereocenters. The average molecular weight is 289 g/mol. The van der Waals surface area contributed by atoms with Gasteiger partial charge >= 0.3 is 5.97 Å². The maximum atomic E-state index is 10.5. The Bertz CT molecular complexity index is 409. The van der Waals surface area contributed by atoms with Crippen LogP contribution < -0.4 is 0 Å². The number of hydrogen-bond donors (Lipinski definition) is 1. The summed E-state index contributed by atoms with van der Waals surface area (Å²) in [5.41, 5.74) is 2.41. The first-order valence-corrected chi connectivity index (χ1v) is 7.87. The summed E-state index contributed by atoms with van der Waals surface area (Å²) >= 11 is 0. The predicted molar refractivity (Wildman–Crippen MR) is 84.1 cm³/mol. The summed E-state index contributed by atoms with van der Waals surface area (Å²) in [7, 11) is 0. The molecule has 0 aliphatic carbocycles. The lowest BCUT2D eigenvalue weighted by molar-refractivity contribution is -0.136. The maximum absolute atomic E-state index is 10.5. The molecule has 0 aliphatic heterocycles. The van der Waals surface area contributed by atoms with Crippen molar-refractivity contribution < 1.29 is 14.7 Å². The van der Waals surface area contributed by atoms with Gasteiger partial charge in [0.1, 0.15) is 0 Å². The lowest BCUT2D eigenvalue weighted by atomic mass is 10.0. The molecule has 3 heteroatoms. The van der Waals surface area contributed by atoms with Gasteiger partial charge in [-0.1, -0.05) is 49.9 Å². The molecule has 115 valence electrons. The van der Waals surface area contributed by atoms with Gasteiger partial charge in [-0.3, -0.25) is 9.59 Å². The monoisotopic (exact) mass is 289 g/mol. The Kier molecular flexibility index (Phi) is 9.18. The number of carboxylic acid groups (broad SMARTS) is 1. The van der Waals surface area contributed by atoms with Crippen LogP contribution in [0.1, 0.15) is 62.5 Å². The number of aryl methyl sites for hydroxylation is 2. The van der Waals surface area contributed by atoms with Crippen molar-refractivity contribution in [3.63, 3.8) is 0 Å². The Labute approximate surface area is 127 Å². The van der Waals surface area contributed by atoms with E-state index >= 15 is 0 Å². The number of carbonyl (C=O) groups is 1. The molecule has 0 atom stereocenters. The highest BCUT2D eigenvalue weighted by atomic mass is 16.4. The van der Waals surface area contributed by atoms with Crippen LogP contribution in [0, 0.1) is 0 Å². The molecule has 0 aliphatic rings. The minimum atomic E-state index is -0.745. The van der Waals surface area contributed by atoms with Crippen LogP contribution in [0.2, 0.25) is 0 Å². The highest BCUT2D eigenvalue weighted by Gasteiger charge is 2.00. The van der Waals surface area contributed by atoms with E-state index in [0.717, 1.165) is 24.8 Å². The molecule has 0 heterocycles. The molecule has 1 aromatic carbocycles. The fraction of sp³-hybridized carbons (Fsp3) is 0.556. The maximum Gasteiger partial charge on any atom is 0.303 e. The molecule has 1 N–H and O–H groups in total. The minimum Gasteiger partial charge on any atom is -0.481 e. The molecule has 1 radical (unpaired) electrons. The standard InChI is InChI=1S/C18H25O3/c19-15-7-5-3-1-2-4-6-8-16-9-11-17(12-10-16)13-14-18(20)21/h9-12H,1-8,13-14H2,(H,20,21). The van der Waals surface area contributed by atoms with E-state index in [9.17, 15) is 9.59 Å². The molecule has 0 saturated carbocycles. The van der Waals surface area contributed by atoms with Crippen molar-refractivity contribution in [3.8, 4) is 0 Å². The molecular formula is C18H25O3. The quantitative estimate of drug-likeness (QED) is 0.590. The third-order valence-electron chi connectivity index (χ3n) is 3.64. The molecule has 0 amide bonds. The predicted octanol–water partition coefficient (Wildman–Crippen LogP) is 4.09. The van der Waals surface area contributed by atoms with Crippen LogP contribution in [0.3, 0.4) is 0 Å². The van der Waals surface area contributed by atoms with Crippen molar-refractivity contribution >= 4 is 12.3 Å². The van der Waals surface area contributed by atoms with Crippen molar-refractivity contribution in [2.75, 3.05) is 0 Å². The van der Waals surface area contributed by atoms with E-state index in [1.807, 2.05) is 18.4 Å². The van der Waals surface area contributed by atoms with E-state index in [-0.39, 0.29) is 6.42 Å². The minimum absolute atomic E-state index is 0.196. The molecule has 0 aromatic heterocycles. The van der Waals surface area contributed by atoms with Crippen LogP contribution in [0.25, 0.3) is 0 Å². The zero-order valence-electron chi connectivity index (χ0n) is 12.6. The zero-order valence-corrected chi connectivity index (χ0v) is 12.6. The fourth-order valence-electron chi connectivity index (χ4n) is 2.36. The molecule has 21 heavy (non-hydrogen) atoms. The Morgan fingerprint density at radius 1 is 0.857 bits per heavy atom. The van der Waals surface area contributed by atoms with Gasteiger partial charge in [0.15, 0.2) is 6.29 Å². The van der Waals surface area contributed by atoms with E-state index < -0.39 is 5.97 Å². The molecule has 0 fully saturated rings. The highest BCUT2D eigenvalue weighted by Crippen LogP contribution is 2.12. The van der Waals surface area contributed by atoms with E-state index in [4.69, 9.17) is 5.11 Å². The van der Waals surface area contributed by atoms with E-state index in [1.165, 1.54) is 31.2 Å². The second-order valence-corrected chi connectivity index (χ2v) is 5.48. The van der Waals surface area contributed by atoms with Crippen molar-refractivity contribution in [2.45, 2.75) is 64.2 Å². The summed E-state index contributed by atoms with van der Waals surface area (Å²) in [6.45, 7) is 0. The van der Waals surface area contributed by atoms with Gasteiger partial charge in [-0.05, 0) is 36.8 Å². The second-order valence-electron chi connectivity index (χ2n) is 5.48. The summed E-state index contributed by atoms with van der Waals surface area (Å²) in [5, 5.41) is 8.65. The van der Waals surface area contributed by atoms with Crippen LogP contribution in [-0.2, 0) is 22.4 Å². The number of hydrogen-bond acceptors (Lipinski definition) is 2. The van der Waals surface area contributed by atoms with Crippen LogP contribution in [0.15, 0.2) is 24.3 Å². The zero-order chi connectivity index (χ0) is 15.3. The summed E-state index contributed by atoms with van der Waals surface area (Å²) < 4.78 is 0. The summed E-state index contributed by atoms with van der Waals surface area (Å²) in [5.74, 6) is -0.745. The number of carboxylic acids is 1. The molecule has 1 aromatic rings. The van der Waals surface area contributed by atoms with Crippen molar-refractivity contribution in [3.05, 3.63) is 35.4 Å². The highest BCUT2D eigenvalue weighted by molar-refractivity contribution is 5.67. The van der Waals surface area contributed by atoms with Gasteiger partial charge in [0.25, 0.3) is 0 Å². The molecule has 0 saturated heterocycles. The Morgan fingerprint density at radius 3 is 1.95 bits per heavy atom. The number of unbranched alkanes of at least 4 members (excludes halogenated alkanes) is 6. The average Bonchev–Trinajstić information content (AvgIpc) is 2.49. The van der Waals surface area contributed by atoms with Crippen molar-refractivity contribution in [1.82, 2.24) is 0 Å². The van der Waals surface area contributed by atoms with Crippen molar-refractivity contribution in [1.29, 1.82) is 0 Å². The van der Waals surface area contributed by atoms with Gasteiger partial charge in [-0.2, -0.15) is 0 Å². The van der Waals surface area contributed by atoms with Gasteiger partial charge in [0.2, 0.25) is 0 Å². The van der Waals surface area contributed by atoms with Gasteiger partial charge in [-0.25, -0.2) is 0 Å². The lowest BCUT2D eigenvalue weighted by Crippen LogP contribution is -1.97. The first kappa shape index (κ1) is 17.4. The SMILES string of the molecule is O=[C]CCCCCCCCc1ccc(CCC(=O)O)cc1. The van der Waals surface area contributed by atoms with E-state index in [2.05, 4.69) is 12.1 Å².